The Hall–Kier alpha value is -0.380. The molecule has 1 aliphatic carbocycles. The van der Waals surface area contributed by atoms with Gasteiger partial charge in [-0.3, -0.25) is 4.90 Å². The maximum Gasteiger partial charge on any atom is 0.0593 e. The molecule has 0 amide bonds. The van der Waals surface area contributed by atoms with Crippen molar-refractivity contribution in [3.8, 4) is 0 Å². The quantitative estimate of drug-likeness (QED) is 0.878. The van der Waals surface area contributed by atoms with Crippen LogP contribution in [0.5, 0.6) is 0 Å². The van der Waals surface area contributed by atoms with Crippen LogP contribution in [0.1, 0.15) is 56.4 Å². The van der Waals surface area contributed by atoms with E-state index in [1.54, 1.807) is 0 Å². The van der Waals surface area contributed by atoms with Crippen LogP contribution >= 0.6 is 11.3 Å². The second kappa shape index (κ2) is 6.69. The van der Waals surface area contributed by atoms with Crippen LogP contribution in [0, 0.1) is 0 Å². The van der Waals surface area contributed by atoms with Crippen molar-refractivity contribution in [3.05, 3.63) is 22.4 Å². The number of nitrogens with zero attached hydrogens (tertiary/aromatic N) is 1. The van der Waals surface area contributed by atoms with E-state index >= 15 is 0 Å². The Morgan fingerprint density at radius 2 is 2.11 bits per heavy atom. The number of nitrogens with two attached hydrogens (primary N) is 1. The van der Waals surface area contributed by atoms with Gasteiger partial charge in [-0.2, -0.15) is 0 Å². The van der Waals surface area contributed by atoms with E-state index in [4.69, 9.17) is 5.73 Å². The van der Waals surface area contributed by atoms with Crippen molar-refractivity contribution in [2.45, 2.75) is 63.6 Å². The lowest BCUT2D eigenvalue weighted by Gasteiger charge is -2.39. The molecule has 0 aromatic carbocycles. The van der Waals surface area contributed by atoms with Crippen molar-refractivity contribution in [1.29, 1.82) is 0 Å². The van der Waals surface area contributed by atoms with Crippen LogP contribution in [0.15, 0.2) is 17.5 Å². The third-order valence-corrected chi connectivity index (χ3v) is 5.24. The van der Waals surface area contributed by atoms with Gasteiger partial charge in [-0.1, -0.05) is 32.3 Å². The largest absolute Gasteiger partial charge is 0.326 e. The van der Waals surface area contributed by atoms with Gasteiger partial charge in [0.05, 0.1) is 6.04 Å². The molecule has 2 rings (SSSR count). The second-order valence-electron chi connectivity index (χ2n) is 5.49. The number of likely N-dealkylation sites (N-methyl/N-ethyl adjacent to an activating group) is 1. The van der Waals surface area contributed by atoms with Crippen molar-refractivity contribution in [2.24, 2.45) is 5.73 Å². The fraction of sp³-hybridized carbons (Fsp3) is 0.733. The molecule has 1 fully saturated rings. The molecule has 2 N–H and O–H groups in total. The van der Waals surface area contributed by atoms with Gasteiger partial charge in [0.25, 0.3) is 0 Å². The Morgan fingerprint density at radius 3 is 2.67 bits per heavy atom. The first-order valence-corrected chi connectivity index (χ1v) is 8.13. The first-order chi connectivity index (χ1) is 8.74. The van der Waals surface area contributed by atoms with Crippen molar-refractivity contribution < 1.29 is 0 Å². The second-order valence-corrected chi connectivity index (χ2v) is 6.47. The molecule has 2 nitrogen and oxygen atoms in total. The highest BCUT2D eigenvalue weighted by Crippen LogP contribution is 2.33. The minimum absolute atomic E-state index is 0.246. The van der Waals surface area contributed by atoms with Gasteiger partial charge in [-0.05, 0) is 37.8 Å². The molecule has 102 valence electrons. The Balaban J connectivity index is 2.12. The topological polar surface area (TPSA) is 29.3 Å². The Kier molecular flexibility index (Phi) is 5.22. The average molecular weight is 266 g/mol. The van der Waals surface area contributed by atoms with E-state index in [1.807, 2.05) is 11.3 Å². The summed E-state index contributed by atoms with van der Waals surface area (Å²) in [6.07, 6.45) is 7.90. The van der Waals surface area contributed by atoms with Gasteiger partial charge in [0.2, 0.25) is 0 Å². The summed E-state index contributed by atoms with van der Waals surface area (Å²) in [6.45, 7) is 2.19. The summed E-state index contributed by atoms with van der Waals surface area (Å²) < 4.78 is 0. The Labute approximate surface area is 115 Å². The number of hydrogen-bond acceptors (Lipinski definition) is 3. The van der Waals surface area contributed by atoms with E-state index in [2.05, 4.69) is 36.4 Å². The first kappa shape index (κ1) is 14.0. The zero-order chi connectivity index (χ0) is 13.0. The van der Waals surface area contributed by atoms with Gasteiger partial charge < -0.3 is 5.73 Å². The molecule has 1 aromatic heterocycles. The smallest absolute Gasteiger partial charge is 0.0593 e. The van der Waals surface area contributed by atoms with Crippen molar-refractivity contribution in [2.75, 3.05) is 7.05 Å². The zero-order valence-electron chi connectivity index (χ0n) is 11.6. The molecule has 0 spiro atoms. The predicted molar refractivity (Wildman–Crippen MR) is 80.0 cm³/mol. The number of thiophene rings is 1. The number of hydrogen-bond donors (Lipinski definition) is 1. The van der Waals surface area contributed by atoms with Crippen molar-refractivity contribution in [3.63, 3.8) is 0 Å². The lowest BCUT2D eigenvalue weighted by molar-refractivity contribution is 0.120. The van der Waals surface area contributed by atoms with Gasteiger partial charge in [0.1, 0.15) is 0 Å². The first-order valence-electron chi connectivity index (χ1n) is 7.25. The molecule has 18 heavy (non-hydrogen) atoms. The fourth-order valence-electron chi connectivity index (χ4n) is 3.11. The molecular formula is C15H26N2S. The van der Waals surface area contributed by atoms with Crippen molar-refractivity contribution >= 4 is 11.3 Å². The van der Waals surface area contributed by atoms with E-state index in [0.29, 0.717) is 6.04 Å². The summed E-state index contributed by atoms with van der Waals surface area (Å²) in [7, 11) is 2.27. The molecular weight excluding hydrogens is 240 g/mol. The van der Waals surface area contributed by atoms with Crippen LogP contribution in [0.3, 0.4) is 0 Å². The van der Waals surface area contributed by atoms with Crippen LogP contribution in [0.2, 0.25) is 0 Å². The van der Waals surface area contributed by atoms with E-state index < -0.39 is 0 Å². The minimum Gasteiger partial charge on any atom is -0.326 e. The van der Waals surface area contributed by atoms with E-state index in [-0.39, 0.29) is 6.04 Å². The summed E-state index contributed by atoms with van der Waals surface area (Å²) in [5, 5.41) is 2.17. The Morgan fingerprint density at radius 1 is 1.39 bits per heavy atom. The highest BCUT2D eigenvalue weighted by Gasteiger charge is 2.29. The third-order valence-electron chi connectivity index (χ3n) is 4.30. The van der Waals surface area contributed by atoms with Gasteiger partial charge in [0.15, 0.2) is 0 Å². The SMILES string of the molecule is CCC(N)C(c1cccs1)N(C)C1CCCCC1. The van der Waals surface area contributed by atoms with E-state index in [1.165, 1.54) is 37.0 Å². The molecule has 1 heterocycles. The molecule has 2 atom stereocenters. The zero-order valence-corrected chi connectivity index (χ0v) is 12.5. The minimum atomic E-state index is 0.246. The molecule has 3 heteroatoms. The lowest BCUT2D eigenvalue weighted by atomic mass is 9.92. The molecule has 0 aliphatic heterocycles. The summed E-state index contributed by atoms with van der Waals surface area (Å²) in [4.78, 5) is 3.98. The van der Waals surface area contributed by atoms with E-state index in [9.17, 15) is 0 Å². The highest BCUT2D eigenvalue weighted by atomic mass is 32.1. The highest BCUT2D eigenvalue weighted by molar-refractivity contribution is 7.10. The summed E-state index contributed by atoms with van der Waals surface area (Å²) in [5.41, 5.74) is 6.38. The fourth-order valence-corrected chi connectivity index (χ4v) is 4.06. The normalized spacial score (nSPS) is 21.1. The average Bonchev–Trinajstić information content (AvgIpc) is 2.93. The van der Waals surface area contributed by atoms with Crippen LogP contribution in [0.4, 0.5) is 0 Å². The molecule has 0 bridgehead atoms. The maximum atomic E-state index is 6.38. The molecule has 2 unspecified atom stereocenters. The third kappa shape index (κ3) is 3.14. The van der Waals surface area contributed by atoms with Crippen LogP contribution in [-0.4, -0.2) is 24.0 Å². The van der Waals surface area contributed by atoms with Crippen LogP contribution in [0.25, 0.3) is 0 Å². The summed E-state index contributed by atoms with van der Waals surface area (Å²) >= 11 is 1.85. The maximum absolute atomic E-state index is 6.38. The van der Waals surface area contributed by atoms with Crippen LogP contribution in [-0.2, 0) is 0 Å². The van der Waals surface area contributed by atoms with Gasteiger partial charge in [-0.25, -0.2) is 0 Å². The lowest BCUT2D eigenvalue weighted by Crippen LogP contribution is -2.44. The monoisotopic (exact) mass is 266 g/mol. The number of rotatable bonds is 5. The Bertz CT molecular complexity index is 330. The van der Waals surface area contributed by atoms with Crippen molar-refractivity contribution in [1.82, 2.24) is 4.90 Å². The molecule has 1 saturated carbocycles. The summed E-state index contributed by atoms with van der Waals surface area (Å²) in [5.74, 6) is 0. The molecule has 0 saturated heterocycles. The molecule has 1 aromatic rings. The standard InChI is InChI=1S/C15H26N2S/c1-3-13(16)15(14-10-7-11-18-14)17(2)12-8-5-4-6-9-12/h7,10-13,15H,3-6,8-9,16H2,1-2H3. The van der Waals surface area contributed by atoms with Gasteiger partial charge in [-0.15, -0.1) is 11.3 Å². The summed E-state index contributed by atoms with van der Waals surface area (Å²) in [6, 6.07) is 5.76. The predicted octanol–water partition coefficient (Wildman–Crippen LogP) is 3.79. The molecule has 1 aliphatic rings. The van der Waals surface area contributed by atoms with E-state index in [0.717, 1.165) is 12.5 Å². The van der Waals surface area contributed by atoms with Crippen LogP contribution < -0.4 is 5.73 Å². The van der Waals surface area contributed by atoms with Gasteiger partial charge >= 0.3 is 0 Å². The van der Waals surface area contributed by atoms with Gasteiger partial charge in [0, 0.05) is 17.0 Å². The molecule has 0 radical (unpaired) electrons.